The predicted octanol–water partition coefficient (Wildman–Crippen LogP) is 2.27. The van der Waals surface area contributed by atoms with E-state index in [2.05, 4.69) is 10.6 Å². The van der Waals surface area contributed by atoms with Gasteiger partial charge in [0.2, 0.25) is 0 Å². The van der Waals surface area contributed by atoms with Crippen LogP contribution in [0.3, 0.4) is 0 Å². The molecule has 1 aliphatic rings. The topological polar surface area (TPSA) is 96.6 Å². The number of anilines is 2. The summed E-state index contributed by atoms with van der Waals surface area (Å²) in [6.07, 6.45) is 2.57. The lowest BCUT2D eigenvalue weighted by Gasteiger charge is -2.30. The van der Waals surface area contributed by atoms with Crippen LogP contribution in [0.2, 0.25) is 0 Å². The molecule has 1 amide bonds. The van der Waals surface area contributed by atoms with Gasteiger partial charge in [0, 0.05) is 18.2 Å². The molecule has 1 aromatic carbocycles. The second kappa shape index (κ2) is 6.36. The zero-order valence-corrected chi connectivity index (χ0v) is 11.6. The van der Waals surface area contributed by atoms with Crippen LogP contribution in [0.1, 0.15) is 25.7 Å². The molecule has 1 aromatic rings. The first-order chi connectivity index (χ1) is 9.58. The van der Waals surface area contributed by atoms with Crippen molar-refractivity contribution < 1.29 is 14.6 Å². The summed E-state index contributed by atoms with van der Waals surface area (Å²) in [6.45, 7) is 0. The number of nitrogens with one attached hydrogen (secondary N) is 2. The number of benzene rings is 1. The number of nitrogen functional groups attached to an aromatic ring is 1. The maximum absolute atomic E-state index is 10.6. The zero-order valence-electron chi connectivity index (χ0n) is 11.6. The van der Waals surface area contributed by atoms with Crippen molar-refractivity contribution in [2.24, 2.45) is 0 Å². The fraction of sp³-hybridized carbons (Fsp3) is 0.500. The molecular weight excluding hydrogens is 258 g/mol. The van der Waals surface area contributed by atoms with Crippen LogP contribution in [0, 0.1) is 0 Å². The van der Waals surface area contributed by atoms with Crippen LogP contribution in [0.15, 0.2) is 18.2 Å². The van der Waals surface area contributed by atoms with Crippen molar-refractivity contribution in [2.45, 2.75) is 37.8 Å². The summed E-state index contributed by atoms with van der Waals surface area (Å²) >= 11 is 0. The van der Waals surface area contributed by atoms with Crippen molar-refractivity contribution in [3.05, 3.63) is 18.2 Å². The smallest absolute Gasteiger partial charge is 0.404 e. The Hall–Kier alpha value is -2.11. The third kappa shape index (κ3) is 3.69. The molecule has 5 N–H and O–H groups in total. The van der Waals surface area contributed by atoms with Crippen molar-refractivity contribution >= 4 is 17.5 Å². The maximum Gasteiger partial charge on any atom is 0.404 e. The third-order valence-corrected chi connectivity index (χ3v) is 3.67. The predicted molar refractivity (Wildman–Crippen MR) is 78.2 cm³/mol. The van der Waals surface area contributed by atoms with Crippen molar-refractivity contribution in [3.8, 4) is 5.75 Å². The Morgan fingerprint density at radius 2 is 1.95 bits per heavy atom. The molecule has 0 aliphatic heterocycles. The molecule has 0 heterocycles. The minimum Gasteiger partial charge on any atom is -0.497 e. The minimum atomic E-state index is -0.946. The van der Waals surface area contributed by atoms with Gasteiger partial charge in [-0.2, -0.15) is 0 Å². The Kier molecular flexibility index (Phi) is 4.55. The second-order valence-corrected chi connectivity index (χ2v) is 5.10. The van der Waals surface area contributed by atoms with Crippen LogP contribution >= 0.6 is 0 Å². The van der Waals surface area contributed by atoms with Gasteiger partial charge in [0.25, 0.3) is 0 Å². The van der Waals surface area contributed by atoms with Gasteiger partial charge in [-0.05, 0) is 37.8 Å². The first-order valence-corrected chi connectivity index (χ1v) is 6.78. The maximum atomic E-state index is 10.6. The summed E-state index contributed by atoms with van der Waals surface area (Å²) in [5.41, 5.74) is 7.51. The van der Waals surface area contributed by atoms with Gasteiger partial charge in [-0.3, -0.25) is 0 Å². The molecular formula is C14H21N3O3. The fourth-order valence-electron chi connectivity index (χ4n) is 2.56. The van der Waals surface area contributed by atoms with E-state index in [4.69, 9.17) is 15.6 Å². The molecule has 0 saturated heterocycles. The summed E-state index contributed by atoms with van der Waals surface area (Å²) in [4.78, 5) is 10.6. The third-order valence-electron chi connectivity index (χ3n) is 3.67. The lowest BCUT2D eigenvalue weighted by atomic mass is 9.91. The number of rotatable bonds is 4. The molecule has 1 fully saturated rings. The quantitative estimate of drug-likeness (QED) is 0.634. The number of hydrogen-bond acceptors (Lipinski definition) is 4. The number of carboxylic acid groups (broad SMARTS) is 1. The molecule has 20 heavy (non-hydrogen) atoms. The van der Waals surface area contributed by atoms with Crippen LogP contribution in [0.4, 0.5) is 16.2 Å². The Morgan fingerprint density at radius 3 is 2.55 bits per heavy atom. The summed E-state index contributed by atoms with van der Waals surface area (Å²) in [6, 6.07) is 5.91. The van der Waals surface area contributed by atoms with Crippen molar-refractivity contribution in [1.29, 1.82) is 0 Å². The highest BCUT2D eigenvalue weighted by Crippen LogP contribution is 2.28. The van der Waals surface area contributed by atoms with E-state index in [9.17, 15) is 4.79 Å². The number of hydrogen-bond donors (Lipinski definition) is 4. The standard InChI is InChI=1S/C14H21N3O3/c1-20-11-6-7-12(15)13(8-11)16-9-2-4-10(5-3-9)17-14(18)19/h6-10,16-17H,2-5,15H2,1H3,(H,18,19). The van der Waals surface area contributed by atoms with Gasteiger partial charge in [-0.25, -0.2) is 4.79 Å². The Bertz CT molecular complexity index is 471. The average molecular weight is 279 g/mol. The van der Waals surface area contributed by atoms with E-state index in [-0.39, 0.29) is 6.04 Å². The van der Waals surface area contributed by atoms with Gasteiger partial charge in [-0.15, -0.1) is 0 Å². The lowest BCUT2D eigenvalue weighted by Crippen LogP contribution is -2.39. The second-order valence-electron chi connectivity index (χ2n) is 5.10. The van der Waals surface area contributed by atoms with E-state index < -0.39 is 6.09 Å². The largest absolute Gasteiger partial charge is 0.497 e. The monoisotopic (exact) mass is 279 g/mol. The molecule has 2 rings (SSSR count). The highest BCUT2D eigenvalue weighted by atomic mass is 16.5. The van der Waals surface area contributed by atoms with E-state index in [0.29, 0.717) is 11.7 Å². The fourth-order valence-corrected chi connectivity index (χ4v) is 2.56. The molecule has 1 saturated carbocycles. The molecule has 0 bridgehead atoms. The number of amides is 1. The van der Waals surface area contributed by atoms with Crippen LogP contribution < -0.4 is 21.1 Å². The van der Waals surface area contributed by atoms with Crippen LogP contribution in [0.25, 0.3) is 0 Å². The van der Waals surface area contributed by atoms with Crippen molar-refractivity contribution in [1.82, 2.24) is 5.32 Å². The van der Waals surface area contributed by atoms with Gasteiger partial charge in [0.1, 0.15) is 5.75 Å². The summed E-state index contributed by atoms with van der Waals surface area (Å²) in [7, 11) is 1.62. The molecule has 110 valence electrons. The molecule has 0 spiro atoms. The van der Waals surface area contributed by atoms with Gasteiger partial charge in [0.15, 0.2) is 0 Å². The summed E-state index contributed by atoms with van der Waals surface area (Å²) in [5, 5.41) is 14.7. The van der Waals surface area contributed by atoms with Gasteiger partial charge >= 0.3 is 6.09 Å². The van der Waals surface area contributed by atoms with Gasteiger partial charge in [0.05, 0.1) is 18.5 Å². The molecule has 0 aromatic heterocycles. The minimum absolute atomic E-state index is 0.0632. The van der Waals surface area contributed by atoms with Gasteiger partial charge < -0.3 is 26.2 Å². The lowest BCUT2D eigenvalue weighted by molar-refractivity contribution is 0.185. The summed E-state index contributed by atoms with van der Waals surface area (Å²) < 4.78 is 5.19. The zero-order chi connectivity index (χ0) is 14.5. The number of carbonyl (C=O) groups is 1. The molecule has 6 nitrogen and oxygen atoms in total. The Morgan fingerprint density at radius 1 is 1.30 bits per heavy atom. The molecule has 6 heteroatoms. The van der Waals surface area contributed by atoms with Crippen LogP contribution in [0.5, 0.6) is 5.75 Å². The SMILES string of the molecule is COc1ccc(N)c(NC2CCC(NC(=O)O)CC2)c1. The van der Waals surface area contributed by atoms with E-state index in [1.165, 1.54) is 0 Å². The number of ether oxygens (including phenoxy) is 1. The van der Waals surface area contributed by atoms with E-state index >= 15 is 0 Å². The van der Waals surface area contributed by atoms with Crippen LogP contribution in [-0.2, 0) is 0 Å². The molecule has 0 radical (unpaired) electrons. The Balaban J connectivity index is 1.90. The molecule has 0 unspecified atom stereocenters. The average Bonchev–Trinajstić information content (AvgIpc) is 2.43. The number of nitrogens with two attached hydrogens (primary N) is 1. The first kappa shape index (κ1) is 14.3. The molecule has 0 atom stereocenters. The van der Waals surface area contributed by atoms with Crippen LogP contribution in [-0.4, -0.2) is 30.4 Å². The van der Waals surface area contributed by atoms with E-state index in [1.807, 2.05) is 18.2 Å². The normalized spacial score (nSPS) is 22.1. The van der Waals surface area contributed by atoms with Crippen molar-refractivity contribution in [3.63, 3.8) is 0 Å². The van der Waals surface area contributed by atoms with Gasteiger partial charge in [-0.1, -0.05) is 0 Å². The Labute approximate surface area is 118 Å². The molecule has 1 aliphatic carbocycles. The van der Waals surface area contributed by atoms with E-state index in [1.54, 1.807) is 7.11 Å². The highest BCUT2D eigenvalue weighted by molar-refractivity contribution is 5.68. The van der Waals surface area contributed by atoms with E-state index in [0.717, 1.165) is 37.1 Å². The summed E-state index contributed by atoms with van der Waals surface area (Å²) in [5.74, 6) is 0.767. The highest BCUT2D eigenvalue weighted by Gasteiger charge is 2.22. The first-order valence-electron chi connectivity index (χ1n) is 6.78. The number of methoxy groups -OCH3 is 1. The van der Waals surface area contributed by atoms with Crippen molar-refractivity contribution in [2.75, 3.05) is 18.2 Å².